The molecule has 0 saturated heterocycles. The maximum atomic E-state index is 12.2. The molecule has 0 aliphatic carbocycles. The fourth-order valence-electron chi connectivity index (χ4n) is 2.06. The average Bonchev–Trinajstić information content (AvgIpc) is 2.58. The van der Waals surface area contributed by atoms with Crippen molar-refractivity contribution < 1.29 is 14.3 Å². The smallest absolute Gasteiger partial charge is 0.234 e. The first kappa shape index (κ1) is 19.8. The highest BCUT2D eigenvalue weighted by Gasteiger charge is 2.10. The lowest BCUT2D eigenvalue weighted by atomic mass is 10.2. The number of hydrogen-bond donors (Lipinski definition) is 1. The van der Waals surface area contributed by atoms with Gasteiger partial charge in [0, 0.05) is 21.7 Å². The lowest BCUT2D eigenvalue weighted by Crippen LogP contribution is -2.14. The molecular weight excluding hydrogens is 381 g/mol. The molecule has 1 N–H and O–H groups in total. The van der Waals surface area contributed by atoms with Crippen molar-refractivity contribution in [1.29, 1.82) is 0 Å². The highest BCUT2D eigenvalue weighted by Crippen LogP contribution is 2.32. The van der Waals surface area contributed by atoms with Crippen molar-refractivity contribution >= 4 is 46.6 Å². The molecule has 134 valence electrons. The van der Waals surface area contributed by atoms with E-state index < -0.39 is 0 Å². The summed E-state index contributed by atoms with van der Waals surface area (Å²) in [5.41, 5.74) is 0.648. The summed E-state index contributed by atoms with van der Waals surface area (Å²) >= 11 is 13.4. The number of halogens is 2. The zero-order chi connectivity index (χ0) is 18.2. The van der Waals surface area contributed by atoms with E-state index in [0.29, 0.717) is 40.4 Å². The molecule has 0 saturated carbocycles. The second-order valence-electron chi connectivity index (χ2n) is 4.94. The number of nitrogens with one attached hydrogen (secondary N) is 1. The van der Waals surface area contributed by atoms with Gasteiger partial charge in [-0.25, -0.2) is 0 Å². The number of rotatable bonds is 8. The summed E-state index contributed by atoms with van der Waals surface area (Å²) < 4.78 is 11.1. The summed E-state index contributed by atoms with van der Waals surface area (Å²) in [4.78, 5) is 13.0. The van der Waals surface area contributed by atoms with Crippen molar-refractivity contribution in [2.75, 3.05) is 24.3 Å². The minimum Gasteiger partial charge on any atom is -0.490 e. The normalized spacial score (nSPS) is 10.4. The van der Waals surface area contributed by atoms with Gasteiger partial charge in [-0.3, -0.25) is 4.79 Å². The lowest BCUT2D eigenvalue weighted by molar-refractivity contribution is -0.113. The first-order valence-corrected chi connectivity index (χ1v) is 9.55. The Bertz CT molecular complexity index is 740. The van der Waals surface area contributed by atoms with E-state index in [1.165, 1.54) is 11.8 Å². The Labute approximate surface area is 161 Å². The summed E-state index contributed by atoms with van der Waals surface area (Å²) in [6.07, 6.45) is 0. The van der Waals surface area contributed by atoms with Crippen molar-refractivity contribution in [2.24, 2.45) is 0 Å². The van der Waals surface area contributed by atoms with Crippen LogP contribution in [0, 0.1) is 0 Å². The van der Waals surface area contributed by atoms with E-state index in [1.54, 1.807) is 36.4 Å². The van der Waals surface area contributed by atoms with Crippen LogP contribution in [-0.4, -0.2) is 24.9 Å². The Morgan fingerprint density at radius 2 is 1.76 bits per heavy atom. The fraction of sp³-hybridized carbons (Fsp3) is 0.278. The SMILES string of the molecule is CCOc1ccc(NC(=O)CSc2cc(Cl)ccc2Cl)cc1OCC. The maximum Gasteiger partial charge on any atom is 0.234 e. The zero-order valence-corrected chi connectivity index (χ0v) is 16.3. The van der Waals surface area contributed by atoms with Crippen molar-refractivity contribution in [3.63, 3.8) is 0 Å². The van der Waals surface area contributed by atoms with Crippen LogP contribution in [0.4, 0.5) is 5.69 Å². The number of amides is 1. The quantitative estimate of drug-likeness (QED) is 0.593. The number of carbonyl (C=O) groups is 1. The van der Waals surface area contributed by atoms with E-state index in [0.717, 1.165) is 4.90 Å². The number of ether oxygens (including phenoxy) is 2. The third-order valence-electron chi connectivity index (χ3n) is 3.08. The number of anilines is 1. The summed E-state index contributed by atoms with van der Waals surface area (Å²) in [5.74, 6) is 1.33. The molecule has 0 bridgehead atoms. The van der Waals surface area contributed by atoms with E-state index in [4.69, 9.17) is 32.7 Å². The molecule has 0 unspecified atom stereocenters. The molecule has 0 aliphatic rings. The molecule has 0 heterocycles. The largest absolute Gasteiger partial charge is 0.490 e. The maximum absolute atomic E-state index is 12.2. The summed E-state index contributed by atoms with van der Waals surface area (Å²) in [5, 5.41) is 4.00. The molecule has 1 amide bonds. The third kappa shape index (κ3) is 6.03. The van der Waals surface area contributed by atoms with E-state index in [2.05, 4.69) is 5.32 Å². The number of carbonyl (C=O) groups excluding carboxylic acids is 1. The van der Waals surface area contributed by atoms with Crippen LogP contribution in [0.5, 0.6) is 11.5 Å². The van der Waals surface area contributed by atoms with Crippen LogP contribution >= 0.6 is 35.0 Å². The molecule has 0 aromatic heterocycles. The van der Waals surface area contributed by atoms with Gasteiger partial charge in [0.05, 0.1) is 24.0 Å². The van der Waals surface area contributed by atoms with E-state index >= 15 is 0 Å². The Morgan fingerprint density at radius 3 is 2.48 bits per heavy atom. The molecule has 25 heavy (non-hydrogen) atoms. The molecule has 0 fully saturated rings. The van der Waals surface area contributed by atoms with E-state index in [1.807, 2.05) is 13.8 Å². The fourth-order valence-corrected chi connectivity index (χ4v) is 3.35. The molecule has 4 nitrogen and oxygen atoms in total. The second kappa shape index (κ2) is 9.80. The Balaban J connectivity index is 2.00. The van der Waals surface area contributed by atoms with Gasteiger partial charge in [-0.15, -0.1) is 11.8 Å². The minimum atomic E-state index is -0.146. The molecule has 2 aromatic carbocycles. The van der Waals surface area contributed by atoms with Gasteiger partial charge in [0.2, 0.25) is 5.91 Å². The number of benzene rings is 2. The molecule has 2 aromatic rings. The molecule has 0 radical (unpaired) electrons. The second-order valence-corrected chi connectivity index (χ2v) is 6.80. The summed E-state index contributed by atoms with van der Waals surface area (Å²) in [6.45, 7) is 4.86. The van der Waals surface area contributed by atoms with Gasteiger partial charge in [-0.1, -0.05) is 23.2 Å². The molecular formula is C18H19Cl2NO3S. The van der Waals surface area contributed by atoms with Gasteiger partial charge in [0.1, 0.15) is 0 Å². The van der Waals surface area contributed by atoms with Gasteiger partial charge in [0.15, 0.2) is 11.5 Å². The predicted octanol–water partition coefficient (Wildman–Crippen LogP) is 5.52. The molecule has 0 atom stereocenters. The van der Waals surface area contributed by atoms with Gasteiger partial charge >= 0.3 is 0 Å². The lowest BCUT2D eigenvalue weighted by Gasteiger charge is -2.13. The minimum absolute atomic E-state index is 0.146. The average molecular weight is 400 g/mol. The van der Waals surface area contributed by atoms with Gasteiger partial charge < -0.3 is 14.8 Å². The van der Waals surface area contributed by atoms with Crippen molar-refractivity contribution in [3.8, 4) is 11.5 Å². The molecule has 0 aliphatic heterocycles. The number of thioether (sulfide) groups is 1. The standard InChI is InChI=1S/C18H19Cl2NO3S/c1-3-23-15-8-6-13(10-16(15)24-4-2)21-18(22)11-25-17-9-12(19)5-7-14(17)20/h5-10H,3-4,11H2,1-2H3,(H,21,22). The van der Waals surface area contributed by atoms with Crippen molar-refractivity contribution in [3.05, 3.63) is 46.4 Å². The van der Waals surface area contributed by atoms with Gasteiger partial charge in [0.25, 0.3) is 0 Å². The molecule has 7 heteroatoms. The zero-order valence-electron chi connectivity index (χ0n) is 14.0. The van der Waals surface area contributed by atoms with Crippen molar-refractivity contribution in [2.45, 2.75) is 18.7 Å². The van der Waals surface area contributed by atoms with E-state index in [-0.39, 0.29) is 11.7 Å². The first-order valence-electron chi connectivity index (χ1n) is 7.80. The third-order valence-corrected chi connectivity index (χ3v) is 4.81. The van der Waals surface area contributed by atoms with Crippen LogP contribution in [0.25, 0.3) is 0 Å². The van der Waals surface area contributed by atoms with Crippen LogP contribution in [0.15, 0.2) is 41.3 Å². The first-order chi connectivity index (χ1) is 12.0. The Morgan fingerprint density at radius 1 is 1.04 bits per heavy atom. The highest BCUT2D eigenvalue weighted by molar-refractivity contribution is 8.00. The van der Waals surface area contributed by atoms with Crippen LogP contribution in [0.2, 0.25) is 10.0 Å². The monoisotopic (exact) mass is 399 g/mol. The van der Waals surface area contributed by atoms with Crippen LogP contribution < -0.4 is 14.8 Å². The van der Waals surface area contributed by atoms with Crippen LogP contribution in [-0.2, 0) is 4.79 Å². The van der Waals surface area contributed by atoms with Gasteiger partial charge in [-0.05, 0) is 44.2 Å². The molecule has 0 spiro atoms. The summed E-state index contributed by atoms with van der Waals surface area (Å²) in [7, 11) is 0. The molecule has 2 rings (SSSR count). The topological polar surface area (TPSA) is 47.6 Å². The number of hydrogen-bond acceptors (Lipinski definition) is 4. The van der Waals surface area contributed by atoms with Gasteiger partial charge in [-0.2, -0.15) is 0 Å². The van der Waals surface area contributed by atoms with Crippen molar-refractivity contribution in [1.82, 2.24) is 0 Å². The Kier molecular flexibility index (Phi) is 7.75. The summed E-state index contributed by atoms with van der Waals surface area (Å²) in [6, 6.07) is 10.5. The van der Waals surface area contributed by atoms with Crippen LogP contribution in [0.1, 0.15) is 13.8 Å². The predicted molar refractivity (Wildman–Crippen MR) is 105 cm³/mol. The van der Waals surface area contributed by atoms with Crippen LogP contribution in [0.3, 0.4) is 0 Å². The Hall–Kier alpha value is -1.56. The highest BCUT2D eigenvalue weighted by atomic mass is 35.5. The van der Waals surface area contributed by atoms with E-state index in [9.17, 15) is 4.79 Å².